The van der Waals surface area contributed by atoms with Crippen LogP contribution in [0.5, 0.6) is 11.5 Å². The van der Waals surface area contributed by atoms with Crippen molar-refractivity contribution >= 4 is 23.0 Å². The van der Waals surface area contributed by atoms with E-state index in [0.29, 0.717) is 23.7 Å². The summed E-state index contributed by atoms with van der Waals surface area (Å²) < 4.78 is 10.9. The SMILES string of the molecule is CCOc1ccccc1Nc1ccnc(C(=O)Nc2ccccc2OC)c1. The van der Waals surface area contributed by atoms with Gasteiger partial charge in [0.25, 0.3) is 5.91 Å². The molecular formula is C21H21N3O3. The molecule has 1 amide bonds. The molecule has 0 aliphatic heterocycles. The van der Waals surface area contributed by atoms with Crippen molar-refractivity contribution in [3.8, 4) is 11.5 Å². The second kappa shape index (κ2) is 8.71. The molecule has 0 aliphatic carbocycles. The fourth-order valence-corrected chi connectivity index (χ4v) is 2.57. The predicted octanol–water partition coefficient (Wildman–Crippen LogP) is 4.48. The quantitative estimate of drug-likeness (QED) is 0.647. The zero-order chi connectivity index (χ0) is 19.1. The Hall–Kier alpha value is -3.54. The first-order valence-electron chi connectivity index (χ1n) is 8.60. The highest BCUT2D eigenvalue weighted by Crippen LogP contribution is 2.28. The summed E-state index contributed by atoms with van der Waals surface area (Å²) in [6.45, 7) is 2.51. The number of pyridine rings is 1. The Kier molecular flexibility index (Phi) is 5.89. The number of ether oxygens (including phenoxy) is 2. The molecule has 0 saturated carbocycles. The highest BCUT2D eigenvalue weighted by molar-refractivity contribution is 6.04. The largest absolute Gasteiger partial charge is 0.495 e. The van der Waals surface area contributed by atoms with Crippen LogP contribution in [0.2, 0.25) is 0 Å². The molecule has 0 aliphatic rings. The number of carbonyl (C=O) groups is 1. The molecule has 1 heterocycles. The van der Waals surface area contributed by atoms with Crippen molar-refractivity contribution in [2.75, 3.05) is 24.4 Å². The third-order valence-electron chi connectivity index (χ3n) is 3.81. The number of amides is 1. The Labute approximate surface area is 158 Å². The smallest absolute Gasteiger partial charge is 0.274 e. The molecular weight excluding hydrogens is 342 g/mol. The molecule has 3 rings (SSSR count). The van der Waals surface area contributed by atoms with E-state index in [-0.39, 0.29) is 5.91 Å². The second-order valence-corrected chi connectivity index (χ2v) is 5.64. The van der Waals surface area contributed by atoms with Crippen LogP contribution in [0, 0.1) is 0 Å². The lowest BCUT2D eigenvalue weighted by Gasteiger charge is -2.13. The normalized spacial score (nSPS) is 10.1. The predicted molar refractivity (Wildman–Crippen MR) is 106 cm³/mol. The summed E-state index contributed by atoms with van der Waals surface area (Å²) in [5, 5.41) is 6.09. The molecule has 6 nitrogen and oxygen atoms in total. The molecule has 27 heavy (non-hydrogen) atoms. The van der Waals surface area contributed by atoms with Crippen molar-refractivity contribution in [1.82, 2.24) is 4.98 Å². The van der Waals surface area contributed by atoms with Crippen molar-refractivity contribution in [3.63, 3.8) is 0 Å². The molecule has 1 aromatic heterocycles. The molecule has 0 atom stereocenters. The average Bonchev–Trinajstić information content (AvgIpc) is 2.70. The molecule has 3 aromatic rings. The highest BCUT2D eigenvalue weighted by atomic mass is 16.5. The molecule has 0 bridgehead atoms. The van der Waals surface area contributed by atoms with E-state index in [9.17, 15) is 4.79 Å². The minimum atomic E-state index is -0.318. The Morgan fingerprint density at radius 1 is 1.00 bits per heavy atom. The second-order valence-electron chi connectivity index (χ2n) is 5.64. The van der Waals surface area contributed by atoms with E-state index in [1.807, 2.05) is 43.3 Å². The van der Waals surface area contributed by atoms with Gasteiger partial charge in [-0.1, -0.05) is 24.3 Å². The summed E-state index contributed by atoms with van der Waals surface area (Å²) in [5.41, 5.74) is 2.44. The molecule has 0 radical (unpaired) electrons. The number of hydrogen-bond acceptors (Lipinski definition) is 5. The van der Waals surface area contributed by atoms with E-state index in [1.54, 1.807) is 37.6 Å². The van der Waals surface area contributed by atoms with Crippen LogP contribution in [0.4, 0.5) is 17.1 Å². The number of rotatable bonds is 7. The van der Waals surface area contributed by atoms with Gasteiger partial charge in [-0.25, -0.2) is 0 Å². The maximum absolute atomic E-state index is 12.6. The van der Waals surface area contributed by atoms with E-state index in [0.717, 1.165) is 17.1 Å². The lowest BCUT2D eigenvalue weighted by atomic mass is 10.2. The summed E-state index contributed by atoms with van der Waals surface area (Å²) in [5.74, 6) is 1.02. The summed E-state index contributed by atoms with van der Waals surface area (Å²) in [6, 6.07) is 18.3. The van der Waals surface area contributed by atoms with Crippen LogP contribution in [0.15, 0.2) is 66.9 Å². The van der Waals surface area contributed by atoms with Gasteiger partial charge in [0.2, 0.25) is 0 Å². The number of aromatic nitrogens is 1. The molecule has 0 saturated heterocycles. The molecule has 2 N–H and O–H groups in total. The number of methoxy groups -OCH3 is 1. The fraction of sp³-hybridized carbons (Fsp3) is 0.143. The average molecular weight is 363 g/mol. The highest BCUT2D eigenvalue weighted by Gasteiger charge is 2.12. The van der Waals surface area contributed by atoms with Crippen LogP contribution >= 0.6 is 0 Å². The van der Waals surface area contributed by atoms with Gasteiger partial charge in [0, 0.05) is 11.9 Å². The van der Waals surface area contributed by atoms with E-state index in [1.165, 1.54) is 0 Å². The van der Waals surface area contributed by atoms with E-state index < -0.39 is 0 Å². The lowest BCUT2D eigenvalue weighted by Crippen LogP contribution is -2.14. The summed E-state index contributed by atoms with van der Waals surface area (Å²) in [4.78, 5) is 16.7. The van der Waals surface area contributed by atoms with Crippen LogP contribution in [0.1, 0.15) is 17.4 Å². The van der Waals surface area contributed by atoms with Gasteiger partial charge >= 0.3 is 0 Å². The maximum atomic E-state index is 12.6. The molecule has 0 fully saturated rings. The number of benzene rings is 2. The zero-order valence-corrected chi connectivity index (χ0v) is 15.2. The standard InChI is InChI=1S/C21H21N3O3/c1-3-27-20-11-7-5-9-17(20)23-15-12-13-22-18(14-15)21(25)24-16-8-4-6-10-19(16)26-2/h4-14H,3H2,1-2H3,(H,22,23)(H,24,25). The fourth-order valence-electron chi connectivity index (χ4n) is 2.57. The Morgan fingerprint density at radius 3 is 2.44 bits per heavy atom. The summed E-state index contributed by atoms with van der Waals surface area (Å²) in [6.07, 6.45) is 1.59. The topological polar surface area (TPSA) is 72.5 Å². The maximum Gasteiger partial charge on any atom is 0.274 e. The molecule has 0 unspecified atom stereocenters. The molecule has 138 valence electrons. The molecule has 0 spiro atoms. The van der Waals surface area contributed by atoms with Gasteiger partial charge in [0.1, 0.15) is 17.2 Å². The lowest BCUT2D eigenvalue weighted by molar-refractivity contribution is 0.102. The van der Waals surface area contributed by atoms with Crippen LogP contribution in [-0.4, -0.2) is 24.6 Å². The summed E-state index contributed by atoms with van der Waals surface area (Å²) in [7, 11) is 1.56. The molecule has 6 heteroatoms. The monoisotopic (exact) mass is 363 g/mol. The first-order chi connectivity index (χ1) is 13.2. The van der Waals surface area contributed by atoms with Crippen LogP contribution in [0.3, 0.4) is 0 Å². The number of anilines is 3. The third kappa shape index (κ3) is 4.55. The Bertz CT molecular complexity index is 928. The first-order valence-corrected chi connectivity index (χ1v) is 8.60. The van der Waals surface area contributed by atoms with Gasteiger partial charge in [-0.2, -0.15) is 0 Å². The van der Waals surface area contributed by atoms with Gasteiger partial charge in [-0.05, 0) is 43.3 Å². The number of para-hydroxylation sites is 4. The van der Waals surface area contributed by atoms with Crippen LogP contribution < -0.4 is 20.1 Å². The molecule has 2 aromatic carbocycles. The number of carbonyl (C=O) groups excluding carboxylic acids is 1. The van der Waals surface area contributed by atoms with Gasteiger partial charge < -0.3 is 20.1 Å². The number of hydrogen-bond donors (Lipinski definition) is 2. The van der Waals surface area contributed by atoms with Crippen molar-refractivity contribution in [1.29, 1.82) is 0 Å². The van der Waals surface area contributed by atoms with E-state index in [4.69, 9.17) is 9.47 Å². The number of nitrogens with one attached hydrogen (secondary N) is 2. The van der Waals surface area contributed by atoms with Crippen LogP contribution in [0.25, 0.3) is 0 Å². The van der Waals surface area contributed by atoms with Gasteiger partial charge in [0.05, 0.1) is 25.1 Å². The summed E-state index contributed by atoms with van der Waals surface area (Å²) >= 11 is 0. The Morgan fingerprint density at radius 2 is 1.70 bits per heavy atom. The van der Waals surface area contributed by atoms with Gasteiger partial charge in [-0.3, -0.25) is 9.78 Å². The van der Waals surface area contributed by atoms with E-state index >= 15 is 0 Å². The van der Waals surface area contributed by atoms with Crippen molar-refractivity contribution in [2.24, 2.45) is 0 Å². The van der Waals surface area contributed by atoms with Crippen molar-refractivity contribution in [2.45, 2.75) is 6.92 Å². The zero-order valence-electron chi connectivity index (χ0n) is 15.2. The van der Waals surface area contributed by atoms with Crippen molar-refractivity contribution < 1.29 is 14.3 Å². The minimum absolute atomic E-state index is 0.291. The van der Waals surface area contributed by atoms with Gasteiger partial charge in [0.15, 0.2) is 0 Å². The Balaban J connectivity index is 1.78. The number of nitrogens with zero attached hydrogens (tertiary/aromatic N) is 1. The van der Waals surface area contributed by atoms with E-state index in [2.05, 4.69) is 15.6 Å². The van der Waals surface area contributed by atoms with Gasteiger partial charge in [-0.15, -0.1) is 0 Å². The third-order valence-corrected chi connectivity index (χ3v) is 3.81. The first kappa shape index (κ1) is 18.3. The van der Waals surface area contributed by atoms with Crippen molar-refractivity contribution in [3.05, 3.63) is 72.6 Å². The van der Waals surface area contributed by atoms with Crippen LogP contribution in [-0.2, 0) is 0 Å². The minimum Gasteiger partial charge on any atom is -0.495 e.